The summed E-state index contributed by atoms with van der Waals surface area (Å²) in [6.07, 6.45) is -0.222. The number of nitrogens with zero attached hydrogens (tertiary/aromatic N) is 6. The molecule has 1 fully saturated rings. The molecule has 1 aromatic carbocycles. The van der Waals surface area contributed by atoms with E-state index in [1.165, 1.54) is 18.5 Å². The molecule has 0 saturated heterocycles. The number of rotatable bonds is 8. The Morgan fingerprint density at radius 2 is 1.79 bits per heavy atom. The molecule has 5 rings (SSSR count). The molecule has 1 saturated carbocycles. The first-order chi connectivity index (χ1) is 18.6. The zero-order chi connectivity index (χ0) is 27.9. The number of carbonyl (C=O) groups excluding carboxylic acids is 1. The van der Waals surface area contributed by atoms with Gasteiger partial charge in [0.25, 0.3) is 0 Å². The quantitative estimate of drug-likeness (QED) is 0.270. The highest BCUT2D eigenvalue weighted by Gasteiger charge is 2.31. The fourth-order valence-corrected chi connectivity index (χ4v) is 4.73. The summed E-state index contributed by atoms with van der Waals surface area (Å²) in [5, 5.41) is 9.33. The summed E-state index contributed by atoms with van der Waals surface area (Å²) >= 11 is 0. The highest BCUT2D eigenvalue weighted by molar-refractivity contribution is 5.92. The molecule has 204 valence electrons. The first kappa shape index (κ1) is 26.6. The van der Waals surface area contributed by atoms with Crippen LogP contribution in [-0.4, -0.2) is 42.1 Å². The van der Waals surface area contributed by atoms with E-state index >= 15 is 0 Å². The van der Waals surface area contributed by atoms with E-state index in [4.69, 9.17) is 9.84 Å². The topological polar surface area (TPSA) is 87.7 Å². The summed E-state index contributed by atoms with van der Waals surface area (Å²) in [6, 6.07) is 6.93. The van der Waals surface area contributed by atoms with Crippen LogP contribution in [0.25, 0.3) is 17.1 Å². The van der Waals surface area contributed by atoms with Crippen LogP contribution in [0.4, 0.5) is 13.2 Å². The average Bonchev–Trinajstić information content (AvgIpc) is 3.59. The lowest BCUT2D eigenvalue weighted by atomic mass is 10.0. The van der Waals surface area contributed by atoms with E-state index in [1.807, 2.05) is 17.7 Å². The van der Waals surface area contributed by atoms with Crippen LogP contribution >= 0.6 is 0 Å². The van der Waals surface area contributed by atoms with E-state index in [-0.39, 0.29) is 6.61 Å². The minimum absolute atomic E-state index is 0.267. The van der Waals surface area contributed by atoms with E-state index < -0.39 is 17.7 Å². The van der Waals surface area contributed by atoms with Gasteiger partial charge < -0.3 is 4.74 Å². The maximum Gasteiger partial charge on any atom is 0.416 e. The van der Waals surface area contributed by atoms with Gasteiger partial charge in [-0.05, 0) is 64.2 Å². The summed E-state index contributed by atoms with van der Waals surface area (Å²) in [6.45, 7) is 8.24. The van der Waals surface area contributed by atoms with Crippen LogP contribution in [0.15, 0.2) is 36.7 Å². The largest absolute Gasteiger partial charge is 0.462 e. The smallest absolute Gasteiger partial charge is 0.416 e. The molecule has 0 N–H and O–H groups in total. The van der Waals surface area contributed by atoms with E-state index in [0.29, 0.717) is 46.4 Å². The van der Waals surface area contributed by atoms with E-state index in [1.54, 1.807) is 25.5 Å². The SMILES string of the molecule is CCOC(=O)c1c(C)nn(-c2cc(Cc3c(C)c(-c4ccc(C(F)(F)F)cc4)nn3CC3CC3)ncn2)c1C. The van der Waals surface area contributed by atoms with Gasteiger partial charge in [0.05, 0.1) is 34.9 Å². The highest BCUT2D eigenvalue weighted by atomic mass is 19.4. The minimum Gasteiger partial charge on any atom is -0.462 e. The lowest BCUT2D eigenvalue weighted by Crippen LogP contribution is -2.10. The number of ether oxygens (including phenoxy) is 1. The van der Waals surface area contributed by atoms with Gasteiger partial charge in [0, 0.05) is 30.3 Å². The number of hydrogen-bond acceptors (Lipinski definition) is 6. The molecular formula is C28H29F3N6O2. The zero-order valence-corrected chi connectivity index (χ0v) is 22.2. The number of alkyl halides is 3. The molecule has 1 aliphatic carbocycles. The average molecular weight is 539 g/mol. The second-order valence-electron chi connectivity index (χ2n) is 9.84. The minimum atomic E-state index is -4.39. The fraction of sp³-hybridized carbons (Fsp3) is 0.393. The number of halogens is 3. The van der Waals surface area contributed by atoms with Crippen LogP contribution in [0, 0.1) is 26.7 Å². The molecular weight excluding hydrogens is 509 g/mol. The van der Waals surface area contributed by atoms with Crippen molar-refractivity contribution in [2.45, 2.75) is 59.7 Å². The van der Waals surface area contributed by atoms with Crippen molar-refractivity contribution in [3.8, 4) is 17.1 Å². The number of aryl methyl sites for hydroxylation is 1. The van der Waals surface area contributed by atoms with E-state index in [0.717, 1.165) is 48.5 Å². The molecule has 8 nitrogen and oxygen atoms in total. The van der Waals surface area contributed by atoms with Crippen molar-refractivity contribution in [2.75, 3.05) is 6.61 Å². The van der Waals surface area contributed by atoms with Crippen molar-refractivity contribution in [3.63, 3.8) is 0 Å². The molecule has 4 aromatic rings. The molecule has 3 heterocycles. The molecule has 0 spiro atoms. The highest BCUT2D eigenvalue weighted by Crippen LogP contribution is 2.35. The molecule has 0 atom stereocenters. The molecule has 0 amide bonds. The summed E-state index contributed by atoms with van der Waals surface area (Å²) < 4.78 is 48.0. The standard InChI is InChI=1S/C28H29F3N6O2/c1-5-39-27(38)25-17(3)34-37(18(25)4)24-13-22(32-15-33-24)12-23-16(2)26(35-36(23)14-19-6-7-19)20-8-10-21(11-9-20)28(29,30)31/h8-11,13,15,19H,5-7,12,14H2,1-4H3. The summed E-state index contributed by atoms with van der Waals surface area (Å²) in [7, 11) is 0. The monoisotopic (exact) mass is 538 g/mol. The second kappa shape index (κ2) is 10.3. The lowest BCUT2D eigenvalue weighted by molar-refractivity contribution is -0.137. The van der Waals surface area contributed by atoms with Crippen molar-refractivity contribution in [1.29, 1.82) is 0 Å². The van der Waals surface area contributed by atoms with Gasteiger partial charge in [-0.1, -0.05) is 12.1 Å². The van der Waals surface area contributed by atoms with E-state index in [9.17, 15) is 18.0 Å². The first-order valence-corrected chi connectivity index (χ1v) is 12.8. The molecule has 3 aromatic heterocycles. The van der Waals surface area contributed by atoms with Gasteiger partial charge in [0.15, 0.2) is 5.82 Å². The molecule has 1 aliphatic rings. The molecule has 0 unspecified atom stereocenters. The molecule has 39 heavy (non-hydrogen) atoms. The van der Waals surface area contributed by atoms with Gasteiger partial charge in [-0.2, -0.15) is 23.4 Å². The normalized spacial score (nSPS) is 13.6. The van der Waals surface area contributed by atoms with Gasteiger partial charge in [0.1, 0.15) is 11.9 Å². The Morgan fingerprint density at radius 3 is 2.44 bits per heavy atom. The Morgan fingerprint density at radius 1 is 1.08 bits per heavy atom. The van der Waals surface area contributed by atoms with Gasteiger partial charge in [-0.15, -0.1) is 0 Å². The maximum absolute atomic E-state index is 13.1. The number of esters is 1. The van der Waals surface area contributed by atoms with Crippen LogP contribution in [0.5, 0.6) is 0 Å². The Balaban J connectivity index is 1.48. The Labute approximate surface area is 223 Å². The van der Waals surface area contributed by atoms with Crippen LogP contribution in [0.3, 0.4) is 0 Å². The zero-order valence-electron chi connectivity index (χ0n) is 22.2. The number of benzene rings is 1. The van der Waals surface area contributed by atoms with Crippen molar-refractivity contribution in [3.05, 3.63) is 76.1 Å². The van der Waals surface area contributed by atoms with Crippen LogP contribution in [-0.2, 0) is 23.9 Å². The third-order valence-electron chi connectivity index (χ3n) is 6.98. The molecule has 0 bridgehead atoms. The van der Waals surface area contributed by atoms with E-state index in [2.05, 4.69) is 15.1 Å². The van der Waals surface area contributed by atoms with Gasteiger partial charge in [-0.3, -0.25) is 4.68 Å². The van der Waals surface area contributed by atoms with Crippen molar-refractivity contribution in [1.82, 2.24) is 29.5 Å². The van der Waals surface area contributed by atoms with Gasteiger partial charge in [-0.25, -0.2) is 19.4 Å². The first-order valence-electron chi connectivity index (χ1n) is 12.8. The number of aromatic nitrogens is 6. The third kappa shape index (κ3) is 5.43. The van der Waals surface area contributed by atoms with Crippen LogP contribution < -0.4 is 0 Å². The molecule has 0 aliphatic heterocycles. The number of hydrogen-bond donors (Lipinski definition) is 0. The Hall–Kier alpha value is -4.02. The van der Waals surface area contributed by atoms with Crippen molar-refractivity contribution < 1.29 is 22.7 Å². The number of carbonyl (C=O) groups is 1. The Bertz CT molecular complexity index is 1520. The van der Waals surface area contributed by atoms with Gasteiger partial charge >= 0.3 is 12.1 Å². The summed E-state index contributed by atoms with van der Waals surface area (Å²) in [5.74, 6) is 0.633. The second-order valence-corrected chi connectivity index (χ2v) is 9.84. The van der Waals surface area contributed by atoms with Crippen molar-refractivity contribution in [2.24, 2.45) is 5.92 Å². The maximum atomic E-state index is 13.1. The molecule has 0 radical (unpaired) electrons. The lowest BCUT2D eigenvalue weighted by Gasteiger charge is -2.09. The third-order valence-corrected chi connectivity index (χ3v) is 6.98. The summed E-state index contributed by atoms with van der Waals surface area (Å²) in [4.78, 5) is 21.3. The van der Waals surface area contributed by atoms with Crippen LogP contribution in [0.1, 0.15) is 64.0 Å². The predicted molar refractivity (Wildman–Crippen MR) is 138 cm³/mol. The fourth-order valence-electron chi connectivity index (χ4n) is 4.73. The van der Waals surface area contributed by atoms with Crippen LogP contribution in [0.2, 0.25) is 0 Å². The predicted octanol–water partition coefficient (Wildman–Crippen LogP) is 5.65. The van der Waals surface area contributed by atoms with Gasteiger partial charge in [0.2, 0.25) is 0 Å². The Kier molecular flexibility index (Phi) is 7.00. The summed E-state index contributed by atoms with van der Waals surface area (Å²) in [5.41, 5.74) is 4.75. The molecule has 11 heteroatoms. The van der Waals surface area contributed by atoms with Crippen molar-refractivity contribution >= 4 is 5.97 Å².